The number of halogens is 1. The van der Waals surface area contributed by atoms with Crippen molar-refractivity contribution in [1.29, 1.82) is 0 Å². The van der Waals surface area contributed by atoms with Gasteiger partial charge in [-0.1, -0.05) is 18.6 Å². The molecule has 0 saturated heterocycles. The molecule has 7 nitrogen and oxygen atoms in total. The van der Waals surface area contributed by atoms with Gasteiger partial charge in [0.1, 0.15) is 11.4 Å². The summed E-state index contributed by atoms with van der Waals surface area (Å²) in [6.07, 6.45) is 3.30. The van der Waals surface area contributed by atoms with Gasteiger partial charge in [-0.05, 0) is 49.2 Å². The van der Waals surface area contributed by atoms with Crippen LogP contribution in [0.2, 0.25) is 0 Å². The molecule has 0 saturated carbocycles. The Hall–Kier alpha value is -3.52. The molecule has 1 aromatic heterocycles. The lowest BCUT2D eigenvalue weighted by molar-refractivity contribution is -0.129. The van der Waals surface area contributed by atoms with Crippen molar-refractivity contribution in [3.05, 3.63) is 76.3 Å². The molecule has 0 aliphatic carbocycles. The van der Waals surface area contributed by atoms with Gasteiger partial charge in [-0.3, -0.25) is 19.6 Å². The second-order valence-electron chi connectivity index (χ2n) is 6.86. The summed E-state index contributed by atoms with van der Waals surface area (Å²) in [5.41, 5.74) is 2.31. The van der Waals surface area contributed by atoms with Crippen LogP contribution >= 0.6 is 0 Å². The van der Waals surface area contributed by atoms with Crippen molar-refractivity contribution in [2.75, 3.05) is 11.4 Å². The second kappa shape index (κ2) is 9.80. The van der Waals surface area contributed by atoms with Crippen LogP contribution in [-0.2, 0) is 4.79 Å². The van der Waals surface area contributed by atoms with Crippen molar-refractivity contribution in [3.63, 3.8) is 0 Å². The monoisotopic (exact) mass is 411 g/mol. The molecule has 0 aliphatic rings. The highest BCUT2D eigenvalue weighted by Gasteiger charge is 2.21. The molecule has 2 amide bonds. The Morgan fingerprint density at radius 3 is 2.50 bits per heavy atom. The molecule has 30 heavy (non-hydrogen) atoms. The van der Waals surface area contributed by atoms with Gasteiger partial charge in [0, 0.05) is 35.8 Å². The summed E-state index contributed by atoms with van der Waals surface area (Å²) in [6, 6.07) is 12.4. The first-order chi connectivity index (χ1) is 14.5. The van der Waals surface area contributed by atoms with Crippen LogP contribution in [0.3, 0.4) is 0 Å². The SMILES string of the molecule is O=C(CCCCCN(C(=O)c1c[nH]c2ccccc2c1=O)c1ccc(F)cc1)NO. The molecule has 3 N–H and O–H groups in total. The minimum atomic E-state index is -0.485. The Kier molecular flexibility index (Phi) is 6.92. The molecule has 0 spiro atoms. The van der Waals surface area contributed by atoms with Crippen LogP contribution in [0, 0.1) is 5.82 Å². The average Bonchev–Trinajstić information content (AvgIpc) is 2.77. The number of para-hydroxylation sites is 1. The Labute approximate surface area is 172 Å². The van der Waals surface area contributed by atoms with Crippen LogP contribution in [0.25, 0.3) is 10.9 Å². The number of benzene rings is 2. The topological polar surface area (TPSA) is 103 Å². The van der Waals surface area contributed by atoms with Crippen LogP contribution < -0.4 is 15.8 Å². The van der Waals surface area contributed by atoms with Crippen LogP contribution in [-0.4, -0.2) is 28.6 Å². The van der Waals surface area contributed by atoms with E-state index in [9.17, 15) is 18.8 Å². The van der Waals surface area contributed by atoms with Crippen LogP contribution in [0.4, 0.5) is 10.1 Å². The molecule has 156 valence electrons. The third kappa shape index (κ3) is 4.90. The van der Waals surface area contributed by atoms with Gasteiger partial charge in [0.25, 0.3) is 5.91 Å². The highest BCUT2D eigenvalue weighted by molar-refractivity contribution is 6.07. The van der Waals surface area contributed by atoms with Gasteiger partial charge >= 0.3 is 0 Å². The molecule has 0 radical (unpaired) electrons. The van der Waals surface area contributed by atoms with Crippen molar-refractivity contribution >= 4 is 28.4 Å². The van der Waals surface area contributed by atoms with E-state index in [1.165, 1.54) is 35.4 Å². The Morgan fingerprint density at radius 2 is 1.77 bits per heavy atom. The highest BCUT2D eigenvalue weighted by atomic mass is 19.1. The summed E-state index contributed by atoms with van der Waals surface area (Å²) in [5.74, 6) is -1.38. The van der Waals surface area contributed by atoms with Crippen molar-refractivity contribution in [3.8, 4) is 0 Å². The molecule has 0 atom stereocenters. The van der Waals surface area contributed by atoms with E-state index in [4.69, 9.17) is 5.21 Å². The maximum Gasteiger partial charge on any atom is 0.263 e. The van der Waals surface area contributed by atoms with Gasteiger partial charge in [0.2, 0.25) is 11.3 Å². The number of nitrogens with one attached hydrogen (secondary N) is 2. The fourth-order valence-electron chi connectivity index (χ4n) is 3.23. The van der Waals surface area contributed by atoms with E-state index in [1.54, 1.807) is 29.7 Å². The van der Waals surface area contributed by atoms with E-state index in [-0.39, 0.29) is 24.0 Å². The fraction of sp³-hybridized carbons (Fsp3) is 0.227. The van der Waals surface area contributed by atoms with Crippen molar-refractivity contribution in [2.24, 2.45) is 0 Å². The van der Waals surface area contributed by atoms with Crippen molar-refractivity contribution in [2.45, 2.75) is 25.7 Å². The zero-order valence-corrected chi connectivity index (χ0v) is 16.2. The smallest absolute Gasteiger partial charge is 0.263 e. The summed E-state index contributed by atoms with van der Waals surface area (Å²) >= 11 is 0. The number of fused-ring (bicyclic) bond motifs is 1. The summed E-state index contributed by atoms with van der Waals surface area (Å²) in [7, 11) is 0. The first-order valence-electron chi connectivity index (χ1n) is 9.62. The highest BCUT2D eigenvalue weighted by Crippen LogP contribution is 2.19. The number of carbonyl (C=O) groups is 2. The van der Waals surface area contributed by atoms with E-state index in [0.717, 1.165) is 0 Å². The number of aromatic amines is 1. The fourth-order valence-corrected chi connectivity index (χ4v) is 3.23. The summed E-state index contributed by atoms with van der Waals surface area (Å²) in [6.45, 7) is 0.289. The Bertz CT molecular complexity index is 1100. The van der Waals surface area contributed by atoms with E-state index < -0.39 is 17.6 Å². The van der Waals surface area contributed by atoms with E-state index in [1.807, 2.05) is 0 Å². The van der Waals surface area contributed by atoms with Gasteiger partial charge in [0.05, 0.1) is 0 Å². The molecule has 0 bridgehead atoms. The number of anilines is 1. The number of hydrogen-bond donors (Lipinski definition) is 3. The molecular formula is C22H22FN3O4. The predicted molar refractivity (Wildman–Crippen MR) is 111 cm³/mol. The predicted octanol–water partition coefficient (Wildman–Crippen LogP) is 3.38. The number of carbonyl (C=O) groups excluding carboxylic acids is 2. The van der Waals surface area contributed by atoms with E-state index in [2.05, 4.69) is 4.98 Å². The van der Waals surface area contributed by atoms with Crippen LogP contribution in [0.1, 0.15) is 36.0 Å². The molecule has 0 aliphatic heterocycles. The lowest BCUT2D eigenvalue weighted by Gasteiger charge is -2.23. The molecule has 3 rings (SSSR count). The zero-order chi connectivity index (χ0) is 21.5. The normalized spacial score (nSPS) is 10.7. The largest absolute Gasteiger partial charge is 0.360 e. The minimum absolute atomic E-state index is 0.00215. The lowest BCUT2D eigenvalue weighted by atomic mass is 10.1. The number of H-pyrrole nitrogens is 1. The Morgan fingerprint density at radius 1 is 1.03 bits per heavy atom. The third-order valence-electron chi connectivity index (χ3n) is 4.81. The molecular weight excluding hydrogens is 389 g/mol. The number of nitrogens with zero attached hydrogens (tertiary/aromatic N) is 1. The summed E-state index contributed by atoms with van der Waals surface area (Å²) in [5, 5.41) is 8.95. The first kappa shape index (κ1) is 21.2. The van der Waals surface area contributed by atoms with Crippen LogP contribution in [0.15, 0.2) is 59.5 Å². The van der Waals surface area contributed by atoms with Gasteiger partial charge in [0.15, 0.2) is 0 Å². The van der Waals surface area contributed by atoms with Gasteiger partial charge in [-0.2, -0.15) is 0 Å². The molecule has 3 aromatic rings. The van der Waals surface area contributed by atoms with Gasteiger partial charge in [-0.15, -0.1) is 0 Å². The number of hydrogen-bond acceptors (Lipinski definition) is 4. The summed E-state index contributed by atoms with van der Waals surface area (Å²) in [4.78, 5) is 41.6. The molecule has 1 heterocycles. The number of unbranched alkanes of at least 4 members (excludes halogenated alkanes) is 2. The molecule has 0 unspecified atom stereocenters. The van der Waals surface area contributed by atoms with Gasteiger partial charge < -0.3 is 9.88 Å². The maximum atomic E-state index is 13.4. The minimum Gasteiger partial charge on any atom is -0.360 e. The molecule has 0 fully saturated rings. The lowest BCUT2D eigenvalue weighted by Crippen LogP contribution is -2.35. The van der Waals surface area contributed by atoms with E-state index in [0.29, 0.717) is 35.9 Å². The molecule has 8 heteroatoms. The maximum absolute atomic E-state index is 13.4. The van der Waals surface area contributed by atoms with Crippen LogP contribution in [0.5, 0.6) is 0 Å². The number of hydroxylamine groups is 1. The Balaban J connectivity index is 1.83. The third-order valence-corrected chi connectivity index (χ3v) is 4.81. The molecule has 2 aromatic carbocycles. The summed E-state index contributed by atoms with van der Waals surface area (Å²) < 4.78 is 13.4. The van der Waals surface area contributed by atoms with E-state index >= 15 is 0 Å². The average molecular weight is 411 g/mol. The van der Waals surface area contributed by atoms with Gasteiger partial charge in [-0.25, -0.2) is 9.87 Å². The van der Waals surface area contributed by atoms with Crippen molar-refractivity contribution < 1.29 is 19.2 Å². The standard InChI is InChI=1S/C22H22FN3O4/c23-15-9-11-16(12-10-15)26(13-5-1-2-8-20(27)25-30)22(29)18-14-24-19-7-4-3-6-17(19)21(18)28/h3-4,6-7,9-12,14,30H,1-2,5,8,13H2,(H,24,28)(H,25,27). The number of amides is 2. The number of aromatic nitrogens is 1. The number of pyridine rings is 1. The second-order valence-corrected chi connectivity index (χ2v) is 6.86. The first-order valence-corrected chi connectivity index (χ1v) is 9.62. The quantitative estimate of drug-likeness (QED) is 0.300. The van der Waals surface area contributed by atoms with Crippen molar-refractivity contribution in [1.82, 2.24) is 10.5 Å². The zero-order valence-electron chi connectivity index (χ0n) is 16.2. The number of rotatable bonds is 8.